The highest BCUT2D eigenvalue weighted by Crippen LogP contribution is 2.51. The van der Waals surface area contributed by atoms with Crippen LogP contribution in [0.4, 0.5) is 17.1 Å². The molecule has 2 heteroatoms. The van der Waals surface area contributed by atoms with E-state index in [1.54, 1.807) is 0 Å². The van der Waals surface area contributed by atoms with Crippen LogP contribution in [0.3, 0.4) is 0 Å². The van der Waals surface area contributed by atoms with E-state index in [9.17, 15) is 0 Å². The third kappa shape index (κ3) is 2.99. The SMILES string of the molecule is CC1(C)c2cc(Br)ccc2-c2ccc(N(c3ccccc3)c3ccccc3)cc21. The molecule has 0 heterocycles. The number of rotatable bonds is 3. The Morgan fingerprint density at radius 2 is 1.10 bits per heavy atom. The van der Waals surface area contributed by atoms with Crippen molar-refractivity contribution in [1.29, 1.82) is 0 Å². The molecule has 0 unspecified atom stereocenters. The van der Waals surface area contributed by atoms with E-state index in [1.165, 1.54) is 27.9 Å². The van der Waals surface area contributed by atoms with Gasteiger partial charge in [-0.25, -0.2) is 0 Å². The molecule has 0 spiro atoms. The third-order valence-electron chi connectivity index (χ3n) is 5.91. The molecule has 0 saturated carbocycles. The molecular weight excluding hydrogens is 418 g/mol. The van der Waals surface area contributed by atoms with Gasteiger partial charge in [0.05, 0.1) is 0 Å². The smallest absolute Gasteiger partial charge is 0.0465 e. The molecule has 0 fully saturated rings. The molecule has 4 aromatic carbocycles. The van der Waals surface area contributed by atoms with Gasteiger partial charge in [-0.2, -0.15) is 0 Å². The number of nitrogens with zero attached hydrogens (tertiary/aromatic N) is 1. The molecule has 0 radical (unpaired) electrons. The second-order valence-electron chi connectivity index (χ2n) is 8.05. The molecule has 0 atom stereocenters. The van der Waals surface area contributed by atoms with Gasteiger partial charge in [0.15, 0.2) is 0 Å². The minimum absolute atomic E-state index is 0.0382. The molecule has 1 aliphatic rings. The highest BCUT2D eigenvalue weighted by Gasteiger charge is 2.36. The highest BCUT2D eigenvalue weighted by molar-refractivity contribution is 9.10. The summed E-state index contributed by atoms with van der Waals surface area (Å²) in [6, 6.07) is 34.7. The van der Waals surface area contributed by atoms with E-state index in [1.807, 2.05) is 0 Å². The van der Waals surface area contributed by atoms with Gasteiger partial charge in [-0.05, 0) is 70.8 Å². The molecule has 29 heavy (non-hydrogen) atoms. The van der Waals surface area contributed by atoms with Gasteiger partial charge >= 0.3 is 0 Å². The quantitative estimate of drug-likeness (QED) is 0.310. The Bertz CT molecular complexity index is 1140. The fourth-order valence-corrected chi connectivity index (χ4v) is 4.80. The molecule has 0 amide bonds. The lowest BCUT2D eigenvalue weighted by atomic mass is 9.82. The number of fused-ring (bicyclic) bond motifs is 3. The van der Waals surface area contributed by atoms with E-state index in [-0.39, 0.29) is 5.41 Å². The fourth-order valence-electron chi connectivity index (χ4n) is 4.44. The third-order valence-corrected chi connectivity index (χ3v) is 6.40. The molecule has 0 N–H and O–H groups in total. The van der Waals surface area contributed by atoms with Crippen LogP contribution >= 0.6 is 15.9 Å². The molecule has 0 aromatic heterocycles. The summed E-state index contributed by atoms with van der Waals surface area (Å²) < 4.78 is 1.13. The first kappa shape index (κ1) is 18.2. The summed E-state index contributed by atoms with van der Waals surface area (Å²) in [6.07, 6.45) is 0. The van der Waals surface area contributed by atoms with Crippen molar-refractivity contribution in [3.63, 3.8) is 0 Å². The first-order valence-electron chi connectivity index (χ1n) is 9.91. The van der Waals surface area contributed by atoms with Gasteiger partial charge in [0.2, 0.25) is 0 Å². The second-order valence-corrected chi connectivity index (χ2v) is 8.97. The molecule has 0 bridgehead atoms. The number of para-hydroxylation sites is 2. The van der Waals surface area contributed by atoms with Crippen molar-refractivity contribution in [2.75, 3.05) is 4.90 Å². The first-order chi connectivity index (χ1) is 14.1. The molecular formula is C27H22BrN. The maximum Gasteiger partial charge on any atom is 0.0465 e. The molecule has 5 rings (SSSR count). The number of hydrogen-bond donors (Lipinski definition) is 0. The Morgan fingerprint density at radius 1 is 0.586 bits per heavy atom. The summed E-state index contributed by atoms with van der Waals surface area (Å²) in [5.41, 5.74) is 8.90. The minimum atomic E-state index is -0.0382. The van der Waals surface area contributed by atoms with Gasteiger partial charge in [-0.15, -0.1) is 0 Å². The zero-order chi connectivity index (χ0) is 20.0. The van der Waals surface area contributed by atoms with Crippen LogP contribution < -0.4 is 4.90 Å². The Morgan fingerprint density at radius 3 is 1.69 bits per heavy atom. The Kier molecular flexibility index (Phi) is 4.33. The van der Waals surface area contributed by atoms with Crippen molar-refractivity contribution < 1.29 is 0 Å². The van der Waals surface area contributed by atoms with Crippen molar-refractivity contribution in [1.82, 2.24) is 0 Å². The monoisotopic (exact) mass is 439 g/mol. The van der Waals surface area contributed by atoms with Crippen LogP contribution in [0.5, 0.6) is 0 Å². The lowest BCUT2D eigenvalue weighted by Gasteiger charge is -2.28. The van der Waals surface area contributed by atoms with E-state index in [0.29, 0.717) is 0 Å². The van der Waals surface area contributed by atoms with Crippen molar-refractivity contribution in [3.8, 4) is 11.1 Å². The van der Waals surface area contributed by atoms with Crippen LogP contribution in [-0.4, -0.2) is 0 Å². The van der Waals surface area contributed by atoms with Crippen LogP contribution in [0.2, 0.25) is 0 Å². The maximum atomic E-state index is 3.65. The summed E-state index contributed by atoms with van der Waals surface area (Å²) >= 11 is 3.65. The van der Waals surface area contributed by atoms with Crippen LogP contribution in [0.15, 0.2) is 102 Å². The van der Waals surface area contributed by atoms with Crippen molar-refractivity contribution in [3.05, 3.63) is 113 Å². The average Bonchev–Trinajstić information content (AvgIpc) is 2.96. The average molecular weight is 440 g/mol. The molecule has 0 saturated heterocycles. The molecule has 4 aromatic rings. The van der Waals surface area contributed by atoms with Gasteiger partial charge in [0.25, 0.3) is 0 Å². The zero-order valence-electron chi connectivity index (χ0n) is 16.6. The lowest BCUT2D eigenvalue weighted by Crippen LogP contribution is -2.16. The van der Waals surface area contributed by atoms with Crippen LogP contribution in [-0.2, 0) is 5.41 Å². The normalized spacial score (nSPS) is 13.6. The Labute approximate surface area is 180 Å². The minimum Gasteiger partial charge on any atom is -0.310 e. The van der Waals surface area contributed by atoms with Crippen molar-refractivity contribution >= 4 is 33.0 Å². The molecule has 142 valence electrons. The van der Waals surface area contributed by atoms with Crippen LogP contribution in [0, 0.1) is 0 Å². The van der Waals surface area contributed by atoms with Gasteiger partial charge < -0.3 is 4.90 Å². The van der Waals surface area contributed by atoms with Gasteiger partial charge in [0, 0.05) is 26.9 Å². The second kappa shape index (κ2) is 6.89. The van der Waals surface area contributed by atoms with E-state index in [2.05, 4.69) is 132 Å². The predicted molar refractivity (Wildman–Crippen MR) is 126 cm³/mol. The van der Waals surface area contributed by atoms with Crippen LogP contribution in [0.1, 0.15) is 25.0 Å². The van der Waals surface area contributed by atoms with Gasteiger partial charge in [-0.3, -0.25) is 0 Å². The maximum absolute atomic E-state index is 3.65. The van der Waals surface area contributed by atoms with E-state index >= 15 is 0 Å². The predicted octanol–water partition coefficient (Wildman–Crippen LogP) is 8.23. The number of halogens is 1. The fraction of sp³-hybridized carbons (Fsp3) is 0.111. The van der Waals surface area contributed by atoms with Crippen LogP contribution in [0.25, 0.3) is 11.1 Å². The van der Waals surface area contributed by atoms with Crippen molar-refractivity contribution in [2.24, 2.45) is 0 Å². The van der Waals surface area contributed by atoms with E-state index in [4.69, 9.17) is 0 Å². The summed E-state index contributed by atoms with van der Waals surface area (Å²) in [4.78, 5) is 2.33. The first-order valence-corrected chi connectivity index (χ1v) is 10.7. The standard InChI is InChI=1S/C27H22BrN/c1-27(2)25-17-19(28)13-15-23(25)24-16-14-22(18-26(24)27)29(20-9-5-3-6-10-20)21-11-7-4-8-12-21/h3-18H,1-2H3. The summed E-state index contributed by atoms with van der Waals surface area (Å²) in [5, 5.41) is 0. The largest absolute Gasteiger partial charge is 0.310 e. The van der Waals surface area contributed by atoms with Gasteiger partial charge in [0.1, 0.15) is 0 Å². The van der Waals surface area contributed by atoms with E-state index < -0.39 is 0 Å². The molecule has 1 aliphatic carbocycles. The van der Waals surface area contributed by atoms with Crippen molar-refractivity contribution in [2.45, 2.75) is 19.3 Å². The highest BCUT2D eigenvalue weighted by atomic mass is 79.9. The van der Waals surface area contributed by atoms with E-state index in [0.717, 1.165) is 15.8 Å². The summed E-state index contributed by atoms with van der Waals surface area (Å²) in [6.45, 7) is 4.65. The Balaban J connectivity index is 1.69. The summed E-state index contributed by atoms with van der Waals surface area (Å²) in [7, 11) is 0. The molecule has 0 aliphatic heterocycles. The van der Waals surface area contributed by atoms with Gasteiger partial charge in [-0.1, -0.05) is 78.3 Å². The molecule has 1 nitrogen and oxygen atoms in total. The zero-order valence-corrected chi connectivity index (χ0v) is 18.1. The summed E-state index contributed by atoms with van der Waals surface area (Å²) in [5.74, 6) is 0. The number of anilines is 3. The number of hydrogen-bond acceptors (Lipinski definition) is 1. The topological polar surface area (TPSA) is 3.24 Å². The Hall–Kier alpha value is -2.84. The number of benzene rings is 4. The lowest BCUT2D eigenvalue weighted by molar-refractivity contribution is 0.660.